The Labute approximate surface area is 155 Å². The molecular formula is C16H21ClN8O. The van der Waals surface area contributed by atoms with Crippen LogP contribution in [0.3, 0.4) is 0 Å². The molecule has 3 aromatic rings. The molecule has 2 heterocycles. The molecule has 0 bridgehead atoms. The fourth-order valence-electron chi connectivity index (χ4n) is 2.50. The topological polar surface area (TPSA) is 127 Å². The lowest BCUT2D eigenvalue weighted by Crippen LogP contribution is -2.24. The van der Waals surface area contributed by atoms with Crippen molar-refractivity contribution in [3.05, 3.63) is 23.2 Å². The molecule has 0 radical (unpaired) electrons. The number of benzene rings is 1. The Balaban J connectivity index is 2.05. The third kappa shape index (κ3) is 3.78. The van der Waals surface area contributed by atoms with Crippen LogP contribution >= 0.6 is 11.6 Å². The minimum Gasteiger partial charge on any atom is -0.399 e. The van der Waals surface area contributed by atoms with Crippen molar-refractivity contribution in [2.24, 2.45) is 0 Å². The van der Waals surface area contributed by atoms with E-state index in [2.05, 4.69) is 30.9 Å². The largest absolute Gasteiger partial charge is 0.399 e. The normalized spacial score (nSPS) is 12.3. The summed E-state index contributed by atoms with van der Waals surface area (Å²) in [6.07, 6.45) is 0.733. The first-order chi connectivity index (χ1) is 12.5. The van der Waals surface area contributed by atoms with Crippen LogP contribution in [0.15, 0.2) is 18.2 Å². The number of halogens is 1. The maximum absolute atomic E-state index is 9.43. The highest BCUT2D eigenvalue weighted by Crippen LogP contribution is 2.27. The van der Waals surface area contributed by atoms with Crippen molar-refractivity contribution in [1.82, 2.24) is 25.0 Å². The fraction of sp³-hybridized carbons (Fsp3) is 0.375. The minimum atomic E-state index is -0.145. The number of nitrogen functional groups attached to an aromatic ring is 1. The second-order valence-electron chi connectivity index (χ2n) is 5.80. The molecule has 2 aromatic heterocycles. The van der Waals surface area contributed by atoms with E-state index < -0.39 is 0 Å². The van der Waals surface area contributed by atoms with Crippen LogP contribution in [0, 0.1) is 0 Å². The standard InChI is InChI=1S/C16H21ClN8O/c1-3-11(8-26)20-16-21-14(13-15(22-16)25(4-2)24-23-13)19-12-6-9(17)5-10(18)7-12/h5-7,11,26H,3-4,8,18H2,1-2H3,(H2,19,20,21,22). The van der Waals surface area contributed by atoms with Crippen molar-refractivity contribution in [1.29, 1.82) is 0 Å². The van der Waals surface area contributed by atoms with Crippen LogP contribution in [0.25, 0.3) is 11.2 Å². The quantitative estimate of drug-likeness (QED) is 0.463. The number of nitrogens with zero attached hydrogens (tertiary/aromatic N) is 5. The molecule has 1 aromatic carbocycles. The van der Waals surface area contributed by atoms with Gasteiger partial charge in [-0.3, -0.25) is 0 Å². The Hall–Kier alpha value is -2.65. The van der Waals surface area contributed by atoms with Crippen LogP contribution in [0.5, 0.6) is 0 Å². The van der Waals surface area contributed by atoms with Gasteiger partial charge in [0.25, 0.3) is 0 Å². The van der Waals surface area contributed by atoms with E-state index in [4.69, 9.17) is 17.3 Å². The molecule has 138 valence electrons. The molecule has 0 aliphatic heterocycles. The van der Waals surface area contributed by atoms with Gasteiger partial charge in [0.15, 0.2) is 17.0 Å². The number of fused-ring (bicyclic) bond motifs is 1. The van der Waals surface area contributed by atoms with Gasteiger partial charge in [-0.05, 0) is 31.5 Å². The predicted molar refractivity (Wildman–Crippen MR) is 103 cm³/mol. The zero-order chi connectivity index (χ0) is 18.7. The van der Waals surface area contributed by atoms with Crippen molar-refractivity contribution >= 4 is 45.9 Å². The van der Waals surface area contributed by atoms with Gasteiger partial charge in [0.1, 0.15) is 0 Å². The molecule has 1 unspecified atom stereocenters. The second-order valence-corrected chi connectivity index (χ2v) is 6.24. The van der Waals surface area contributed by atoms with E-state index in [-0.39, 0.29) is 12.6 Å². The Bertz CT molecular complexity index is 888. The molecule has 0 saturated carbocycles. The van der Waals surface area contributed by atoms with Gasteiger partial charge < -0.3 is 21.5 Å². The SMILES string of the molecule is CCC(CO)Nc1nc(Nc2cc(N)cc(Cl)c2)c2nnn(CC)c2n1. The number of hydrogen-bond acceptors (Lipinski definition) is 8. The molecule has 0 fully saturated rings. The van der Waals surface area contributed by atoms with E-state index in [1.807, 2.05) is 13.8 Å². The highest BCUT2D eigenvalue weighted by atomic mass is 35.5. The molecule has 26 heavy (non-hydrogen) atoms. The molecule has 9 nitrogen and oxygen atoms in total. The maximum atomic E-state index is 9.43. The zero-order valence-electron chi connectivity index (χ0n) is 14.6. The van der Waals surface area contributed by atoms with Gasteiger partial charge in [0.05, 0.1) is 12.6 Å². The zero-order valence-corrected chi connectivity index (χ0v) is 15.3. The van der Waals surface area contributed by atoms with Gasteiger partial charge >= 0.3 is 0 Å². The number of aliphatic hydroxyl groups is 1. The molecule has 0 aliphatic carbocycles. The lowest BCUT2D eigenvalue weighted by molar-refractivity contribution is 0.271. The minimum absolute atomic E-state index is 0.0171. The first-order valence-electron chi connectivity index (χ1n) is 8.35. The van der Waals surface area contributed by atoms with Gasteiger partial charge in [0, 0.05) is 22.9 Å². The average molecular weight is 377 g/mol. The summed E-state index contributed by atoms with van der Waals surface area (Å²) in [5, 5.41) is 24.5. The monoisotopic (exact) mass is 376 g/mol. The molecule has 5 N–H and O–H groups in total. The summed E-state index contributed by atoms with van der Waals surface area (Å²) in [5.41, 5.74) is 8.20. The van der Waals surface area contributed by atoms with Crippen LogP contribution in [-0.2, 0) is 6.54 Å². The first-order valence-corrected chi connectivity index (χ1v) is 8.73. The number of aryl methyl sites for hydroxylation is 1. The number of nitrogens with one attached hydrogen (secondary N) is 2. The van der Waals surface area contributed by atoms with Crippen molar-refractivity contribution < 1.29 is 5.11 Å². The number of rotatable bonds is 7. The van der Waals surface area contributed by atoms with Gasteiger partial charge in [-0.2, -0.15) is 9.97 Å². The van der Waals surface area contributed by atoms with E-state index in [0.29, 0.717) is 45.9 Å². The van der Waals surface area contributed by atoms with Crippen molar-refractivity contribution in [2.45, 2.75) is 32.9 Å². The van der Waals surface area contributed by atoms with E-state index >= 15 is 0 Å². The molecule has 0 aliphatic rings. The van der Waals surface area contributed by atoms with Crippen LogP contribution < -0.4 is 16.4 Å². The summed E-state index contributed by atoms with van der Waals surface area (Å²) < 4.78 is 1.68. The maximum Gasteiger partial charge on any atom is 0.227 e. The summed E-state index contributed by atoms with van der Waals surface area (Å²) in [7, 11) is 0. The fourth-order valence-corrected chi connectivity index (χ4v) is 2.74. The lowest BCUT2D eigenvalue weighted by Gasteiger charge is -2.15. The molecule has 3 rings (SSSR count). The van der Waals surface area contributed by atoms with Crippen LogP contribution in [0.4, 0.5) is 23.1 Å². The van der Waals surface area contributed by atoms with Gasteiger partial charge in [-0.25, -0.2) is 4.68 Å². The number of nitrogens with two attached hydrogens (primary N) is 1. The Morgan fingerprint density at radius 1 is 1.27 bits per heavy atom. The van der Waals surface area contributed by atoms with E-state index in [0.717, 1.165) is 6.42 Å². The molecular weight excluding hydrogens is 356 g/mol. The molecule has 1 atom stereocenters. The Kier molecular flexibility index (Phi) is 5.38. The Morgan fingerprint density at radius 2 is 2.08 bits per heavy atom. The van der Waals surface area contributed by atoms with Crippen LogP contribution in [0.2, 0.25) is 5.02 Å². The van der Waals surface area contributed by atoms with Gasteiger partial charge in [0.2, 0.25) is 5.95 Å². The second kappa shape index (κ2) is 7.71. The molecule has 0 saturated heterocycles. The molecule has 10 heteroatoms. The third-order valence-corrected chi connectivity index (χ3v) is 4.11. The smallest absolute Gasteiger partial charge is 0.227 e. The number of aliphatic hydroxyl groups excluding tert-OH is 1. The van der Waals surface area contributed by atoms with Crippen LogP contribution in [0.1, 0.15) is 20.3 Å². The lowest BCUT2D eigenvalue weighted by atomic mass is 10.2. The summed E-state index contributed by atoms with van der Waals surface area (Å²) in [4.78, 5) is 8.99. The summed E-state index contributed by atoms with van der Waals surface area (Å²) in [6, 6.07) is 5.01. The van der Waals surface area contributed by atoms with Gasteiger partial charge in [-0.15, -0.1) is 5.10 Å². The van der Waals surface area contributed by atoms with E-state index in [9.17, 15) is 5.11 Å². The third-order valence-electron chi connectivity index (χ3n) is 3.89. The first kappa shape index (κ1) is 18.2. The van der Waals surface area contributed by atoms with Crippen molar-refractivity contribution in [2.75, 3.05) is 23.0 Å². The number of anilines is 4. The number of aromatic nitrogens is 5. The summed E-state index contributed by atoms with van der Waals surface area (Å²) in [6.45, 7) is 4.53. The van der Waals surface area contributed by atoms with E-state index in [1.54, 1.807) is 22.9 Å². The number of hydrogen-bond donors (Lipinski definition) is 4. The van der Waals surface area contributed by atoms with Crippen LogP contribution in [-0.4, -0.2) is 42.7 Å². The summed E-state index contributed by atoms with van der Waals surface area (Å²) in [5.74, 6) is 0.861. The molecule has 0 spiro atoms. The van der Waals surface area contributed by atoms with Crippen molar-refractivity contribution in [3.63, 3.8) is 0 Å². The molecule has 0 amide bonds. The van der Waals surface area contributed by atoms with Gasteiger partial charge in [-0.1, -0.05) is 23.7 Å². The summed E-state index contributed by atoms with van der Waals surface area (Å²) >= 11 is 6.07. The predicted octanol–water partition coefficient (Wildman–Crippen LogP) is 2.40. The highest BCUT2D eigenvalue weighted by molar-refractivity contribution is 6.31. The Morgan fingerprint density at radius 3 is 2.73 bits per heavy atom. The average Bonchev–Trinajstić information content (AvgIpc) is 3.02. The highest BCUT2D eigenvalue weighted by Gasteiger charge is 2.16. The van der Waals surface area contributed by atoms with E-state index in [1.165, 1.54) is 0 Å². The van der Waals surface area contributed by atoms with Crippen molar-refractivity contribution in [3.8, 4) is 0 Å².